The van der Waals surface area contributed by atoms with Gasteiger partial charge in [-0.1, -0.05) is 60.7 Å². The SMILES string of the molecule is Cc1cc(C)n(C(c2ccccc2)(c2ccccc2)n2nc(C)cc2C)n1. The Hall–Kier alpha value is -3.14. The van der Waals surface area contributed by atoms with Crippen LogP contribution in [-0.4, -0.2) is 19.6 Å². The summed E-state index contributed by atoms with van der Waals surface area (Å²) in [5.41, 5.74) is 5.71. The number of aromatic nitrogens is 4. The van der Waals surface area contributed by atoms with Crippen molar-refractivity contribution in [2.45, 2.75) is 33.4 Å². The third-order valence-corrected chi connectivity index (χ3v) is 4.98. The summed E-state index contributed by atoms with van der Waals surface area (Å²) in [6.07, 6.45) is 0. The number of rotatable bonds is 4. The molecule has 0 saturated carbocycles. The summed E-state index contributed by atoms with van der Waals surface area (Å²) in [5, 5.41) is 9.84. The monoisotopic (exact) mass is 356 g/mol. The van der Waals surface area contributed by atoms with Gasteiger partial charge in [0.1, 0.15) is 0 Å². The van der Waals surface area contributed by atoms with Crippen LogP contribution in [0.1, 0.15) is 33.9 Å². The molecule has 0 radical (unpaired) electrons. The van der Waals surface area contributed by atoms with Crippen LogP contribution in [0.2, 0.25) is 0 Å². The maximum atomic E-state index is 4.92. The van der Waals surface area contributed by atoms with Crippen LogP contribution in [0.5, 0.6) is 0 Å². The molecule has 0 atom stereocenters. The van der Waals surface area contributed by atoms with E-state index in [0.717, 1.165) is 33.9 Å². The number of aryl methyl sites for hydroxylation is 4. The molecule has 0 aliphatic carbocycles. The number of benzene rings is 2. The highest BCUT2D eigenvalue weighted by molar-refractivity contribution is 5.41. The molecule has 0 saturated heterocycles. The van der Waals surface area contributed by atoms with Gasteiger partial charge in [0.05, 0.1) is 11.4 Å². The van der Waals surface area contributed by atoms with E-state index in [1.165, 1.54) is 0 Å². The summed E-state index contributed by atoms with van der Waals surface area (Å²) in [7, 11) is 0. The van der Waals surface area contributed by atoms with Gasteiger partial charge in [0, 0.05) is 22.5 Å². The summed E-state index contributed by atoms with van der Waals surface area (Å²) in [5.74, 6) is 0. The second kappa shape index (κ2) is 6.54. The fourth-order valence-corrected chi connectivity index (χ4v) is 4.00. The van der Waals surface area contributed by atoms with Crippen molar-refractivity contribution in [1.82, 2.24) is 19.6 Å². The molecule has 4 aromatic rings. The first-order chi connectivity index (χ1) is 13.0. The lowest BCUT2D eigenvalue weighted by Crippen LogP contribution is -2.46. The van der Waals surface area contributed by atoms with Crippen molar-refractivity contribution in [3.05, 3.63) is 107 Å². The van der Waals surface area contributed by atoms with E-state index < -0.39 is 5.66 Å². The van der Waals surface area contributed by atoms with E-state index in [1.807, 2.05) is 26.0 Å². The van der Waals surface area contributed by atoms with Crippen molar-refractivity contribution in [2.24, 2.45) is 0 Å². The molecular weight excluding hydrogens is 332 g/mol. The summed E-state index contributed by atoms with van der Waals surface area (Å²) in [6, 6.07) is 25.2. The van der Waals surface area contributed by atoms with Crippen LogP contribution in [-0.2, 0) is 5.66 Å². The van der Waals surface area contributed by atoms with Gasteiger partial charge in [-0.25, -0.2) is 9.36 Å². The van der Waals surface area contributed by atoms with Crippen LogP contribution in [0.3, 0.4) is 0 Å². The standard InChI is InChI=1S/C23H24N4/c1-17-15-19(3)26(24-17)23(21-11-7-5-8-12-21,22-13-9-6-10-14-22)27-20(4)16-18(2)25-27/h5-16H,1-4H3. The van der Waals surface area contributed by atoms with Crippen molar-refractivity contribution in [2.75, 3.05) is 0 Å². The molecule has 2 heterocycles. The van der Waals surface area contributed by atoms with Gasteiger partial charge in [0.15, 0.2) is 0 Å². The average molecular weight is 356 g/mol. The van der Waals surface area contributed by atoms with E-state index in [9.17, 15) is 0 Å². The van der Waals surface area contributed by atoms with Crippen LogP contribution in [0, 0.1) is 27.7 Å². The fraction of sp³-hybridized carbons (Fsp3) is 0.217. The molecule has 2 aromatic heterocycles. The average Bonchev–Trinajstić information content (AvgIpc) is 3.19. The molecule has 2 aromatic carbocycles. The largest absolute Gasteiger partial charge is 0.233 e. The molecule has 136 valence electrons. The van der Waals surface area contributed by atoms with Crippen LogP contribution in [0.15, 0.2) is 72.8 Å². The van der Waals surface area contributed by atoms with Crippen LogP contribution in [0.4, 0.5) is 0 Å². The molecule has 27 heavy (non-hydrogen) atoms. The lowest BCUT2D eigenvalue weighted by molar-refractivity contribution is 0.284. The predicted octanol–water partition coefficient (Wildman–Crippen LogP) is 4.61. The van der Waals surface area contributed by atoms with Gasteiger partial charge < -0.3 is 0 Å². The molecule has 0 N–H and O–H groups in total. The van der Waals surface area contributed by atoms with Crippen molar-refractivity contribution in [3.63, 3.8) is 0 Å². The smallest absolute Gasteiger partial charge is 0.205 e. The molecule has 4 rings (SSSR count). The van der Waals surface area contributed by atoms with E-state index in [-0.39, 0.29) is 0 Å². The second-order valence-electron chi connectivity index (χ2n) is 7.08. The topological polar surface area (TPSA) is 35.6 Å². The Bertz CT molecular complexity index is 971. The van der Waals surface area contributed by atoms with Gasteiger partial charge in [-0.05, 0) is 39.8 Å². The lowest BCUT2D eigenvalue weighted by atomic mass is 9.90. The molecule has 4 heteroatoms. The number of hydrogen-bond acceptors (Lipinski definition) is 2. The first kappa shape index (κ1) is 17.3. The Kier molecular flexibility index (Phi) is 4.19. The highest BCUT2D eigenvalue weighted by Gasteiger charge is 2.42. The minimum absolute atomic E-state index is 0.695. The van der Waals surface area contributed by atoms with E-state index in [0.29, 0.717) is 0 Å². The highest BCUT2D eigenvalue weighted by Crippen LogP contribution is 2.37. The zero-order valence-corrected chi connectivity index (χ0v) is 16.2. The van der Waals surface area contributed by atoms with Crippen LogP contribution in [0.25, 0.3) is 0 Å². The molecular formula is C23H24N4. The van der Waals surface area contributed by atoms with E-state index >= 15 is 0 Å². The van der Waals surface area contributed by atoms with E-state index in [1.54, 1.807) is 0 Å². The summed E-state index contributed by atoms with van der Waals surface area (Å²) in [4.78, 5) is 0. The highest BCUT2D eigenvalue weighted by atomic mass is 15.5. The molecule has 0 bridgehead atoms. The maximum absolute atomic E-state index is 4.92. The Labute approximate surface area is 160 Å². The van der Waals surface area contributed by atoms with Crippen LogP contribution < -0.4 is 0 Å². The van der Waals surface area contributed by atoms with Gasteiger partial charge in [0.2, 0.25) is 5.66 Å². The first-order valence-electron chi connectivity index (χ1n) is 9.22. The molecule has 4 nitrogen and oxygen atoms in total. The Balaban J connectivity index is 2.19. The number of nitrogens with zero attached hydrogens (tertiary/aromatic N) is 4. The predicted molar refractivity (Wildman–Crippen MR) is 108 cm³/mol. The Morgan fingerprint density at radius 1 is 0.593 bits per heavy atom. The molecule has 0 aliphatic heterocycles. The van der Waals surface area contributed by atoms with Crippen molar-refractivity contribution < 1.29 is 0 Å². The van der Waals surface area contributed by atoms with Crippen molar-refractivity contribution in [1.29, 1.82) is 0 Å². The zero-order chi connectivity index (χ0) is 19.0. The number of hydrogen-bond donors (Lipinski definition) is 0. The first-order valence-corrected chi connectivity index (χ1v) is 9.22. The third kappa shape index (κ3) is 2.69. The van der Waals surface area contributed by atoms with E-state index in [4.69, 9.17) is 10.2 Å². The van der Waals surface area contributed by atoms with Crippen LogP contribution >= 0.6 is 0 Å². The van der Waals surface area contributed by atoms with Gasteiger partial charge in [0.25, 0.3) is 0 Å². The molecule has 0 fully saturated rings. The maximum Gasteiger partial charge on any atom is 0.205 e. The molecule has 0 amide bonds. The summed E-state index contributed by atoms with van der Waals surface area (Å²) in [6.45, 7) is 8.27. The molecule has 0 aliphatic rings. The lowest BCUT2D eigenvalue weighted by Gasteiger charge is -2.37. The minimum atomic E-state index is -0.695. The fourth-order valence-electron chi connectivity index (χ4n) is 4.00. The summed E-state index contributed by atoms with van der Waals surface area (Å²) < 4.78 is 4.21. The molecule has 0 spiro atoms. The second-order valence-corrected chi connectivity index (χ2v) is 7.08. The van der Waals surface area contributed by atoms with Crippen molar-refractivity contribution >= 4 is 0 Å². The quantitative estimate of drug-likeness (QED) is 0.535. The minimum Gasteiger partial charge on any atom is -0.233 e. The normalized spacial score (nSPS) is 11.7. The third-order valence-electron chi connectivity index (χ3n) is 4.98. The van der Waals surface area contributed by atoms with Gasteiger partial charge >= 0.3 is 0 Å². The summed E-state index contributed by atoms with van der Waals surface area (Å²) >= 11 is 0. The van der Waals surface area contributed by atoms with Gasteiger partial charge in [-0.15, -0.1) is 0 Å². The van der Waals surface area contributed by atoms with Crippen molar-refractivity contribution in [3.8, 4) is 0 Å². The van der Waals surface area contributed by atoms with Gasteiger partial charge in [-0.2, -0.15) is 10.2 Å². The Morgan fingerprint density at radius 2 is 0.963 bits per heavy atom. The zero-order valence-electron chi connectivity index (χ0n) is 16.2. The Morgan fingerprint density at radius 3 is 1.26 bits per heavy atom. The van der Waals surface area contributed by atoms with Gasteiger partial charge in [-0.3, -0.25) is 0 Å². The van der Waals surface area contributed by atoms with E-state index in [2.05, 4.69) is 83.9 Å². The molecule has 0 unspecified atom stereocenters.